The average molecular weight is 529 g/mol. The Labute approximate surface area is 226 Å². The first-order chi connectivity index (χ1) is 17.9. The van der Waals surface area contributed by atoms with E-state index in [0.29, 0.717) is 12.0 Å². The number of hydrogen-bond acceptors (Lipinski definition) is 5. The number of carbonyl (C=O) groups excluding carboxylic acids is 4. The fourth-order valence-electron chi connectivity index (χ4n) is 4.66. The number of carbonyl (C=O) groups is 4. The number of nitrogens with zero attached hydrogens (tertiary/aromatic N) is 1. The highest BCUT2D eigenvalue weighted by atomic mass is 16.6. The fraction of sp³-hybridized carbons (Fsp3) is 0.586. The van der Waals surface area contributed by atoms with Crippen molar-refractivity contribution in [2.24, 2.45) is 5.73 Å². The summed E-state index contributed by atoms with van der Waals surface area (Å²) in [6.07, 6.45) is 6.39. The lowest BCUT2D eigenvalue weighted by Gasteiger charge is -2.35. The molecule has 1 saturated carbocycles. The topological polar surface area (TPSA) is 131 Å². The maximum Gasteiger partial charge on any atom is 0.408 e. The minimum Gasteiger partial charge on any atom is -0.444 e. The van der Waals surface area contributed by atoms with Crippen molar-refractivity contribution in [2.45, 2.75) is 103 Å². The summed E-state index contributed by atoms with van der Waals surface area (Å²) in [5.74, 6) is -1.35. The summed E-state index contributed by atoms with van der Waals surface area (Å²) in [5.41, 5.74) is 6.04. The number of amides is 4. The Hall–Kier alpha value is -3.36. The lowest BCUT2D eigenvalue weighted by atomic mass is 9.94. The first-order valence-electron chi connectivity index (χ1n) is 13.6. The number of alkyl carbamates (subject to hydrolysis) is 1. The zero-order chi connectivity index (χ0) is 28.3. The molecule has 1 aromatic rings. The Balaban J connectivity index is 2.46. The van der Waals surface area contributed by atoms with E-state index >= 15 is 0 Å². The van der Waals surface area contributed by atoms with Crippen molar-refractivity contribution in [1.82, 2.24) is 15.5 Å². The Morgan fingerprint density at radius 2 is 1.87 bits per heavy atom. The quantitative estimate of drug-likeness (QED) is 0.374. The van der Waals surface area contributed by atoms with E-state index < -0.39 is 35.6 Å². The predicted molar refractivity (Wildman–Crippen MR) is 148 cm³/mol. The zero-order valence-electron chi connectivity index (χ0n) is 23.3. The summed E-state index contributed by atoms with van der Waals surface area (Å²) in [5, 5.41) is 5.77. The normalized spacial score (nSPS) is 15.6. The molecule has 0 spiro atoms. The van der Waals surface area contributed by atoms with E-state index in [1.165, 1.54) is 4.90 Å². The maximum absolute atomic E-state index is 14.0. The van der Waals surface area contributed by atoms with Gasteiger partial charge in [0, 0.05) is 19.0 Å². The van der Waals surface area contributed by atoms with Gasteiger partial charge in [-0.25, -0.2) is 4.79 Å². The second-order valence-electron chi connectivity index (χ2n) is 10.9. The van der Waals surface area contributed by atoms with Crippen LogP contribution in [-0.2, 0) is 19.1 Å². The Morgan fingerprint density at radius 3 is 2.45 bits per heavy atom. The van der Waals surface area contributed by atoms with Gasteiger partial charge in [-0.05, 0) is 63.6 Å². The number of nitrogens with two attached hydrogens (primary N) is 1. The van der Waals surface area contributed by atoms with Crippen LogP contribution in [0.5, 0.6) is 0 Å². The summed E-state index contributed by atoms with van der Waals surface area (Å²) in [6, 6.07) is 5.37. The van der Waals surface area contributed by atoms with Crippen molar-refractivity contribution >= 4 is 29.9 Å². The van der Waals surface area contributed by atoms with Gasteiger partial charge in [-0.1, -0.05) is 57.0 Å². The standard InChI is InChI=1S/C29H44N4O5/c1-6-18-33(27(36)23(16-17-24(30)34)32-28(37)38-29(3,4)5)25(21-13-11-12-20(7-2)19-21)26(35)31-22-14-9-8-10-15-22/h7,11-13,19,22-23,25H,2,6,8-10,14-18H2,1,3-5H3,(H2,30,34)(H,31,35)(H,32,37). The van der Waals surface area contributed by atoms with Crippen LogP contribution in [0.2, 0.25) is 0 Å². The Kier molecular flexibility index (Phi) is 11.8. The summed E-state index contributed by atoms with van der Waals surface area (Å²) >= 11 is 0. The number of primary amides is 1. The molecule has 4 N–H and O–H groups in total. The van der Waals surface area contributed by atoms with Crippen molar-refractivity contribution in [3.05, 3.63) is 42.0 Å². The first kappa shape index (κ1) is 30.9. The van der Waals surface area contributed by atoms with E-state index in [-0.39, 0.29) is 31.3 Å². The Bertz CT molecular complexity index is 981. The minimum atomic E-state index is -1.10. The average Bonchev–Trinajstić information content (AvgIpc) is 2.85. The highest BCUT2D eigenvalue weighted by Gasteiger charge is 2.36. The molecule has 0 radical (unpaired) electrons. The number of rotatable bonds is 12. The van der Waals surface area contributed by atoms with E-state index in [1.807, 2.05) is 31.2 Å². The molecular weight excluding hydrogens is 484 g/mol. The third kappa shape index (κ3) is 9.84. The van der Waals surface area contributed by atoms with Crippen LogP contribution in [0, 0.1) is 0 Å². The lowest BCUT2D eigenvalue weighted by molar-refractivity contribution is -0.143. The van der Waals surface area contributed by atoms with E-state index in [2.05, 4.69) is 17.2 Å². The van der Waals surface area contributed by atoms with Gasteiger partial charge in [-0.3, -0.25) is 14.4 Å². The van der Waals surface area contributed by atoms with Crippen molar-refractivity contribution in [3.63, 3.8) is 0 Å². The van der Waals surface area contributed by atoms with Gasteiger partial charge in [0.05, 0.1) is 0 Å². The van der Waals surface area contributed by atoms with Crippen molar-refractivity contribution < 1.29 is 23.9 Å². The highest BCUT2D eigenvalue weighted by Crippen LogP contribution is 2.26. The molecule has 0 aliphatic heterocycles. The molecule has 38 heavy (non-hydrogen) atoms. The highest BCUT2D eigenvalue weighted by molar-refractivity contribution is 5.92. The number of benzene rings is 1. The van der Waals surface area contributed by atoms with Crippen molar-refractivity contribution in [1.29, 1.82) is 0 Å². The van der Waals surface area contributed by atoms with Crippen molar-refractivity contribution in [3.8, 4) is 0 Å². The molecule has 1 aliphatic rings. The second-order valence-corrected chi connectivity index (χ2v) is 10.9. The summed E-state index contributed by atoms with van der Waals surface area (Å²) in [7, 11) is 0. The molecule has 1 aromatic carbocycles. The molecule has 0 heterocycles. The number of hydrogen-bond donors (Lipinski definition) is 3. The monoisotopic (exact) mass is 528 g/mol. The van der Waals surface area contributed by atoms with Gasteiger partial charge in [0.15, 0.2) is 0 Å². The summed E-state index contributed by atoms with van der Waals surface area (Å²) in [6.45, 7) is 11.2. The SMILES string of the molecule is C=Cc1cccc(C(C(=O)NC2CCCCC2)N(CCC)C(=O)C(CCC(N)=O)NC(=O)OC(C)(C)C)c1. The van der Waals surface area contributed by atoms with Gasteiger partial charge >= 0.3 is 6.09 Å². The van der Waals surface area contributed by atoms with Crippen LogP contribution in [0.4, 0.5) is 4.79 Å². The number of nitrogens with one attached hydrogen (secondary N) is 2. The molecule has 2 rings (SSSR count). The minimum absolute atomic E-state index is 0.0166. The maximum atomic E-state index is 14.0. The van der Waals surface area contributed by atoms with Crippen LogP contribution < -0.4 is 16.4 Å². The zero-order valence-corrected chi connectivity index (χ0v) is 23.3. The molecular formula is C29H44N4O5. The van der Waals surface area contributed by atoms with E-state index in [4.69, 9.17) is 10.5 Å². The molecule has 1 aliphatic carbocycles. The van der Waals surface area contributed by atoms with Crippen LogP contribution in [0.25, 0.3) is 6.08 Å². The molecule has 2 unspecified atom stereocenters. The van der Waals surface area contributed by atoms with Crippen LogP contribution in [0.3, 0.4) is 0 Å². The van der Waals surface area contributed by atoms with E-state index in [0.717, 1.165) is 37.7 Å². The molecule has 9 nitrogen and oxygen atoms in total. The largest absolute Gasteiger partial charge is 0.444 e. The van der Waals surface area contributed by atoms with Gasteiger partial charge < -0.3 is 26.0 Å². The summed E-state index contributed by atoms with van der Waals surface area (Å²) < 4.78 is 5.36. The second kappa shape index (κ2) is 14.5. The first-order valence-corrected chi connectivity index (χ1v) is 13.6. The predicted octanol–water partition coefficient (Wildman–Crippen LogP) is 4.22. The molecule has 0 bridgehead atoms. The molecule has 4 amide bonds. The van der Waals surface area contributed by atoms with Gasteiger partial charge in [0.1, 0.15) is 17.7 Å². The van der Waals surface area contributed by atoms with Crippen LogP contribution in [0.15, 0.2) is 30.8 Å². The third-order valence-electron chi connectivity index (χ3n) is 6.39. The fourth-order valence-corrected chi connectivity index (χ4v) is 4.66. The van der Waals surface area contributed by atoms with E-state index in [1.54, 1.807) is 26.8 Å². The van der Waals surface area contributed by atoms with Gasteiger partial charge in [-0.2, -0.15) is 0 Å². The van der Waals surface area contributed by atoms with Gasteiger partial charge in [0.2, 0.25) is 17.7 Å². The Morgan fingerprint density at radius 1 is 1.18 bits per heavy atom. The molecule has 9 heteroatoms. The molecule has 2 atom stereocenters. The molecule has 0 saturated heterocycles. The molecule has 0 aromatic heterocycles. The van der Waals surface area contributed by atoms with Crippen LogP contribution in [-0.4, -0.2) is 52.9 Å². The third-order valence-corrected chi connectivity index (χ3v) is 6.39. The molecule has 210 valence electrons. The van der Waals surface area contributed by atoms with Gasteiger partial charge in [0.25, 0.3) is 0 Å². The van der Waals surface area contributed by atoms with Crippen molar-refractivity contribution in [2.75, 3.05) is 6.54 Å². The van der Waals surface area contributed by atoms with Crippen LogP contribution in [0.1, 0.15) is 96.2 Å². The van der Waals surface area contributed by atoms with Gasteiger partial charge in [-0.15, -0.1) is 0 Å². The lowest BCUT2D eigenvalue weighted by Crippen LogP contribution is -2.54. The smallest absolute Gasteiger partial charge is 0.408 e. The number of ether oxygens (including phenoxy) is 1. The summed E-state index contributed by atoms with van der Waals surface area (Å²) in [4.78, 5) is 53.5. The molecule has 1 fully saturated rings. The van der Waals surface area contributed by atoms with E-state index in [9.17, 15) is 19.2 Å². The van der Waals surface area contributed by atoms with Crippen LogP contribution >= 0.6 is 0 Å².